The summed E-state index contributed by atoms with van der Waals surface area (Å²) < 4.78 is 13.0. The molecule has 0 aliphatic heterocycles. The summed E-state index contributed by atoms with van der Waals surface area (Å²) in [6.45, 7) is 8.00. The monoisotopic (exact) mass is 195 g/mol. The Balaban J connectivity index is 3.03. The topological polar surface area (TPSA) is 26.0 Å². The Kier molecular flexibility index (Phi) is 2.95. The summed E-state index contributed by atoms with van der Waals surface area (Å²) in [5.41, 5.74) is 7.72. The maximum Gasteiger partial charge on any atom is 0.126 e. The van der Waals surface area contributed by atoms with E-state index >= 15 is 0 Å². The molecule has 1 aromatic carbocycles. The van der Waals surface area contributed by atoms with Gasteiger partial charge in [-0.1, -0.05) is 32.9 Å². The molecule has 1 rings (SSSR count). The van der Waals surface area contributed by atoms with E-state index in [4.69, 9.17) is 5.73 Å². The van der Waals surface area contributed by atoms with E-state index in [-0.39, 0.29) is 17.3 Å². The van der Waals surface area contributed by atoms with Gasteiger partial charge in [0.15, 0.2) is 0 Å². The fraction of sp³-hybridized carbons (Fsp3) is 0.500. The first-order chi connectivity index (χ1) is 6.32. The first-order valence-electron chi connectivity index (χ1n) is 4.84. The summed E-state index contributed by atoms with van der Waals surface area (Å²) in [5, 5.41) is 0. The number of benzene rings is 1. The molecule has 0 spiro atoms. The smallest absolute Gasteiger partial charge is 0.126 e. The molecule has 0 aromatic heterocycles. The molecule has 0 fully saturated rings. The van der Waals surface area contributed by atoms with Gasteiger partial charge in [-0.25, -0.2) is 4.39 Å². The van der Waals surface area contributed by atoms with E-state index in [9.17, 15) is 4.39 Å². The molecule has 0 radical (unpaired) electrons. The molecule has 0 aliphatic carbocycles. The summed E-state index contributed by atoms with van der Waals surface area (Å²) in [6, 6.07) is 5.02. The molecular formula is C12H18FN. The summed E-state index contributed by atoms with van der Waals surface area (Å²) in [7, 11) is 0. The molecule has 14 heavy (non-hydrogen) atoms. The van der Waals surface area contributed by atoms with Crippen LogP contribution in [0, 0.1) is 18.2 Å². The molecule has 2 N–H and O–H groups in total. The molecule has 0 saturated heterocycles. The zero-order valence-electron chi connectivity index (χ0n) is 9.26. The quantitative estimate of drug-likeness (QED) is 0.731. The number of aryl methyl sites for hydroxylation is 1. The Morgan fingerprint density at radius 2 is 1.86 bits per heavy atom. The molecule has 0 heterocycles. The first kappa shape index (κ1) is 11.2. The van der Waals surface area contributed by atoms with Gasteiger partial charge < -0.3 is 5.73 Å². The van der Waals surface area contributed by atoms with Gasteiger partial charge in [0.05, 0.1) is 0 Å². The molecule has 0 aliphatic rings. The van der Waals surface area contributed by atoms with Crippen molar-refractivity contribution in [2.24, 2.45) is 11.1 Å². The first-order valence-corrected chi connectivity index (χ1v) is 4.84. The van der Waals surface area contributed by atoms with Crippen LogP contribution in [-0.4, -0.2) is 0 Å². The van der Waals surface area contributed by atoms with Gasteiger partial charge in [0, 0.05) is 6.04 Å². The van der Waals surface area contributed by atoms with E-state index in [0.717, 1.165) is 5.56 Å². The van der Waals surface area contributed by atoms with E-state index in [1.54, 1.807) is 13.0 Å². The van der Waals surface area contributed by atoms with Crippen LogP contribution in [0.15, 0.2) is 18.2 Å². The highest BCUT2D eigenvalue weighted by Crippen LogP contribution is 2.30. The highest BCUT2D eigenvalue weighted by Gasteiger charge is 2.22. The largest absolute Gasteiger partial charge is 0.324 e. The van der Waals surface area contributed by atoms with Gasteiger partial charge >= 0.3 is 0 Å². The molecule has 0 amide bonds. The highest BCUT2D eigenvalue weighted by atomic mass is 19.1. The van der Waals surface area contributed by atoms with E-state index in [1.165, 1.54) is 6.07 Å². The SMILES string of the molecule is Cc1cc([C@@H](N)C(C)(C)C)ccc1F. The average Bonchev–Trinajstić information content (AvgIpc) is 2.07. The molecule has 78 valence electrons. The van der Waals surface area contributed by atoms with Crippen molar-refractivity contribution >= 4 is 0 Å². The van der Waals surface area contributed by atoms with Crippen LogP contribution in [0.4, 0.5) is 4.39 Å². The van der Waals surface area contributed by atoms with E-state index in [1.807, 2.05) is 6.07 Å². The van der Waals surface area contributed by atoms with Crippen LogP contribution >= 0.6 is 0 Å². The zero-order valence-corrected chi connectivity index (χ0v) is 9.26. The predicted molar refractivity (Wildman–Crippen MR) is 57.5 cm³/mol. The van der Waals surface area contributed by atoms with Crippen LogP contribution in [0.3, 0.4) is 0 Å². The summed E-state index contributed by atoms with van der Waals surface area (Å²) >= 11 is 0. The lowest BCUT2D eigenvalue weighted by Crippen LogP contribution is -2.26. The van der Waals surface area contributed by atoms with Gasteiger partial charge in [-0.15, -0.1) is 0 Å². The minimum Gasteiger partial charge on any atom is -0.324 e. The van der Waals surface area contributed by atoms with Gasteiger partial charge in [0.2, 0.25) is 0 Å². The van der Waals surface area contributed by atoms with Crippen molar-refractivity contribution in [1.82, 2.24) is 0 Å². The van der Waals surface area contributed by atoms with E-state index in [0.29, 0.717) is 5.56 Å². The van der Waals surface area contributed by atoms with Crippen molar-refractivity contribution in [3.8, 4) is 0 Å². The standard InChI is InChI=1S/C12H18FN/c1-8-7-9(5-6-10(8)13)11(14)12(2,3)4/h5-7,11H,14H2,1-4H3/t11-/m1/s1. The van der Waals surface area contributed by atoms with E-state index < -0.39 is 0 Å². The number of nitrogens with two attached hydrogens (primary N) is 1. The Labute approximate surface area is 85.1 Å². The highest BCUT2D eigenvalue weighted by molar-refractivity contribution is 5.27. The maximum absolute atomic E-state index is 13.0. The average molecular weight is 195 g/mol. The van der Waals surface area contributed by atoms with Gasteiger partial charge in [-0.3, -0.25) is 0 Å². The summed E-state index contributed by atoms with van der Waals surface area (Å²) in [4.78, 5) is 0. The van der Waals surface area contributed by atoms with Crippen molar-refractivity contribution in [1.29, 1.82) is 0 Å². The molecule has 0 bridgehead atoms. The normalized spacial score (nSPS) is 14.1. The number of hydrogen-bond acceptors (Lipinski definition) is 1. The number of hydrogen-bond donors (Lipinski definition) is 1. The van der Waals surface area contributed by atoms with Crippen molar-refractivity contribution < 1.29 is 4.39 Å². The second kappa shape index (κ2) is 3.70. The molecule has 1 aromatic rings. The van der Waals surface area contributed by atoms with Crippen molar-refractivity contribution in [3.63, 3.8) is 0 Å². The molecule has 0 saturated carbocycles. The second-order valence-corrected chi connectivity index (χ2v) is 4.85. The lowest BCUT2D eigenvalue weighted by Gasteiger charge is -2.27. The Morgan fingerprint density at radius 1 is 1.29 bits per heavy atom. The molecule has 1 atom stereocenters. The third-order valence-corrected chi connectivity index (χ3v) is 2.47. The van der Waals surface area contributed by atoms with Gasteiger partial charge in [-0.05, 0) is 29.5 Å². The predicted octanol–water partition coefficient (Wildman–Crippen LogP) is 3.18. The zero-order chi connectivity index (χ0) is 10.9. The third-order valence-electron chi connectivity index (χ3n) is 2.47. The Bertz CT molecular complexity index is 326. The molecular weight excluding hydrogens is 177 g/mol. The number of halogens is 1. The van der Waals surface area contributed by atoms with Crippen molar-refractivity contribution in [3.05, 3.63) is 35.1 Å². The summed E-state index contributed by atoms with van der Waals surface area (Å²) in [6.07, 6.45) is 0. The van der Waals surface area contributed by atoms with Crippen LogP contribution in [0.1, 0.15) is 37.9 Å². The minimum atomic E-state index is -0.171. The second-order valence-electron chi connectivity index (χ2n) is 4.85. The molecule has 0 unspecified atom stereocenters. The lowest BCUT2D eigenvalue weighted by molar-refractivity contribution is 0.326. The van der Waals surface area contributed by atoms with Crippen molar-refractivity contribution in [2.75, 3.05) is 0 Å². The minimum absolute atomic E-state index is 0.00424. The van der Waals surface area contributed by atoms with Crippen molar-refractivity contribution in [2.45, 2.75) is 33.7 Å². The van der Waals surface area contributed by atoms with Gasteiger partial charge in [-0.2, -0.15) is 0 Å². The third kappa shape index (κ3) is 2.32. The van der Waals surface area contributed by atoms with Gasteiger partial charge in [0.25, 0.3) is 0 Å². The fourth-order valence-corrected chi connectivity index (χ4v) is 1.36. The van der Waals surface area contributed by atoms with Crippen LogP contribution in [0.2, 0.25) is 0 Å². The Morgan fingerprint density at radius 3 is 2.29 bits per heavy atom. The summed E-state index contributed by atoms with van der Waals surface area (Å²) in [5.74, 6) is -0.171. The lowest BCUT2D eigenvalue weighted by atomic mass is 9.83. The number of rotatable bonds is 1. The molecule has 2 heteroatoms. The maximum atomic E-state index is 13.0. The Hall–Kier alpha value is -0.890. The van der Waals surface area contributed by atoms with Crippen LogP contribution < -0.4 is 5.73 Å². The van der Waals surface area contributed by atoms with Crippen LogP contribution in [0.5, 0.6) is 0 Å². The van der Waals surface area contributed by atoms with Gasteiger partial charge in [0.1, 0.15) is 5.82 Å². The van der Waals surface area contributed by atoms with Crippen LogP contribution in [-0.2, 0) is 0 Å². The molecule has 1 nitrogen and oxygen atoms in total. The fourth-order valence-electron chi connectivity index (χ4n) is 1.36. The van der Waals surface area contributed by atoms with E-state index in [2.05, 4.69) is 20.8 Å². The van der Waals surface area contributed by atoms with Crippen LogP contribution in [0.25, 0.3) is 0 Å².